The maximum Gasteiger partial charge on any atom is 0.0753 e. The van der Waals surface area contributed by atoms with Crippen LogP contribution in [0.25, 0.3) is 0 Å². The lowest BCUT2D eigenvalue weighted by Crippen LogP contribution is -2.38. The van der Waals surface area contributed by atoms with E-state index in [0.717, 1.165) is 18.9 Å². The van der Waals surface area contributed by atoms with Gasteiger partial charge in [0.1, 0.15) is 0 Å². The molecule has 78 valence electrons. The third kappa shape index (κ3) is 3.63. The highest BCUT2D eigenvalue weighted by Crippen LogP contribution is 2.17. The van der Waals surface area contributed by atoms with Crippen LogP contribution in [-0.4, -0.2) is 41.8 Å². The first kappa shape index (κ1) is 11.0. The molecule has 1 saturated heterocycles. The summed E-state index contributed by atoms with van der Waals surface area (Å²) in [6.45, 7) is 7.79. The Morgan fingerprint density at radius 2 is 2.31 bits per heavy atom. The predicted octanol–water partition coefficient (Wildman–Crippen LogP) is 0.428. The molecule has 1 aliphatic rings. The molecule has 3 heteroatoms. The van der Waals surface area contributed by atoms with E-state index in [1.165, 1.54) is 19.5 Å². The van der Waals surface area contributed by atoms with E-state index < -0.39 is 5.60 Å². The summed E-state index contributed by atoms with van der Waals surface area (Å²) in [5.74, 6) is 0.822. The molecule has 0 saturated carbocycles. The molecule has 3 nitrogen and oxygen atoms in total. The largest absolute Gasteiger partial charge is 0.389 e. The van der Waals surface area contributed by atoms with Crippen LogP contribution >= 0.6 is 0 Å². The van der Waals surface area contributed by atoms with Crippen molar-refractivity contribution in [2.45, 2.75) is 32.3 Å². The third-order valence-corrected chi connectivity index (χ3v) is 2.91. The van der Waals surface area contributed by atoms with Gasteiger partial charge in [-0.05, 0) is 32.2 Å². The maximum atomic E-state index is 9.70. The maximum absolute atomic E-state index is 9.70. The summed E-state index contributed by atoms with van der Waals surface area (Å²) in [6, 6.07) is 0. The minimum absolute atomic E-state index is 0.358. The van der Waals surface area contributed by atoms with Crippen LogP contribution in [0.4, 0.5) is 0 Å². The third-order valence-electron chi connectivity index (χ3n) is 2.91. The number of rotatable bonds is 4. The molecule has 1 rings (SSSR count). The van der Waals surface area contributed by atoms with E-state index in [4.69, 9.17) is 5.73 Å². The van der Waals surface area contributed by atoms with Crippen molar-refractivity contribution in [3.8, 4) is 0 Å². The summed E-state index contributed by atoms with van der Waals surface area (Å²) in [6.07, 6.45) is 2.08. The first-order valence-electron chi connectivity index (χ1n) is 5.18. The number of aliphatic hydroxyl groups is 1. The van der Waals surface area contributed by atoms with Crippen LogP contribution in [0.3, 0.4) is 0 Å². The highest BCUT2D eigenvalue weighted by atomic mass is 16.3. The molecule has 0 aromatic rings. The van der Waals surface area contributed by atoms with Crippen LogP contribution in [0.2, 0.25) is 0 Å². The smallest absolute Gasteiger partial charge is 0.0753 e. The van der Waals surface area contributed by atoms with Crippen LogP contribution in [-0.2, 0) is 0 Å². The lowest BCUT2D eigenvalue weighted by Gasteiger charge is -2.24. The van der Waals surface area contributed by atoms with E-state index in [9.17, 15) is 5.11 Å². The molecule has 0 radical (unpaired) electrons. The first-order chi connectivity index (χ1) is 6.03. The minimum atomic E-state index is -0.675. The van der Waals surface area contributed by atoms with Gasteiger partial charge >= 0.3 is 0 Å². The molecule has 1 aliphatic heterocycles. The fraction of sp³-hybridized carbons (Fsp3) is 1.00. The fourth-order valence-electron chi connectivity index (χ4n) is 1.73. The molecule has 1 heterocycles. The fourth-order valence-corrected chi connectivity index (χ4v) is 1.73. The van der Waals surface area contributed by atoms with Gasteiger partial charge in [0, 0.05) is 19.6 Å². The van der Waals surface area contributed by atoms with Gasteiger partial charge in [-0.2, -0.15) is 0 Å². The van der Waals surface area contributed by atoms with Gasteiger partial charge in [-0.1, -0.05) is 6.92 Å². The van der Waals surface area contributed by atoms with Crippen LogP contribution in [0.5, 0.6) is 0 Å². The predicted molar refractivity (Wildman–Crippen MR) is 54.5 cm³/mol. The quantitative estimate of drug-likeness (QED) is 0.669. The Balaban J connectivity index is 2.19. The molecule has 2 atom stereocenters. The van der Waals surface area contributed by atoms with E-state index in [1.807, 2.05) is 6.92 Å². The molecule has 3 N–H and O–H groups in total. The molecule has 0 spiro atoms. The van der Waals surface area contributed by atoms with Crippen molar-refractivity contribution in [2.24, 2.45) is 11.7 Å². The second kappa shape index (κ2) is 4.40. The van der Waals surface area contributed by atoms with Gasteiger partial charge < -0.3 is 15.7 Å². The summed E-state index contributed by atoms with van der Waals surface area (Å²) < 4.78 is 0. The van der Waals surface area contributed by atoms with Gasteiger partial charge in [0.25, 0.3) is 0 Å². The molecule has 0 aromatic carbocycles. The van der Waals surface area contributed by atoms with Crippen molar-refractivity contribution in [1.29, 1.82) is 0 Å². The first-order valence-corrected chi connectivity index (χ1v) is 5.18. The van der Waals surface area contributed by atoms with E-state index in [1.54, 1.807) is 0 Å². The van der Waals surface area contributed by atoms with E-state index in [2.05, 4.69) is 11.8 Å². The molecule has 0 aromatic heterocycles. The SMILES string of the molecule is CC1CCN(CCC(C)(O)CN)C1. The average molecular weight is 186 g/mol. The molecule has 0 amide bonds. The number of hydrogen-bond acceptors (Lipinski definition) is 3. The molecule has 0 aliphatic carbocycles. The van der Waals surface area contributed by atoms with E-state index >= 15 is 0 Å². The van der Waals surface area contributed by atoms with E-state index in [0.29, 0.717) is 6.54 Å². The van der Waals surface area contributed by atoms with Gasteiger partial charge in [0.2, 0.25) is 0 Å². The number of nitrogens with zero attached hydrogens (tertiary/aromatic N) is 1. The second-order valence-electron chi connectivity index (χ2n) is 4.65. The van der Waals surface area contributed by atoms with Gasteiger partial charge in [-0.3, -0.25) is 0 Å². The Morgan fingerprint density at radius 3 is 2.77 bits per heavy atom. The summed E-state index contributed by atoms with van der Waals surface area (Å²) in [7, 11) is 0. The topological polar surface area (TPSA) is 49.5 Å². The Bertz CT molecular complexity index is 159. The monoisotopic (exact) mass is 186 g/mol. The van der Waals surface area contributed by atoms with Crippen molar-refractivity contribution in [3.05, 3.63) is 0 Å². The van der Waals surface area contributed by atoms with Crippen LogP contribution in [0.1, 0.15) is 26.7 Å². The van der Waals surface area contributed by atoms with Crippen molar-refractivity contribution in [1.82, 2.24) is 4.90 Å². The Kier molecular flexibility index (Phi) is 3.71. The zero-order valence-corrected chi connectivity index (χ0v) is 8.79. The molecule has 0 bridgehead atoms. The Hall–Kier alpha value is -0.120. The molecular weight excluding hydrogens is 164 g/mol. The van der Waals surface area contributed by atoms with Gasteiger partial charge in [0.15, 0.2) is 0 Å². The standard InChI is InChI=1S/C10H22N2O/c1-9-3-5-12(7-9)6-4-10(2,13)8-11/h9,13H,3-8,11H2,1-2H3. The average Bonchev–Trinajstić information content (AvgIpc) is 2.48. The Morgan fingerprint density at radius 1 is 1.62 bits per heavy atom. The highest BCUT2D eigenvalue weighted by Gasteiger charge is 2.23. The van der Waals surface area contributed by atoms with Crippen molar-refractivity contribution >= 4 is 0 Å². The number of hydrogen-bond donors (Lipinski definition) is 2. The molecular formula is C10H22N2O. The molecule has 2 unspecified atom stereocenters. The Labute approximate surface area is 80.9 Å². The van der Waals surface area contributed by atoms with Crippen molar-refractivity contribution < 1.29 is 5.11 Å². The number of nitrogens with two attached hydrogens (primary N) is 1. The number of likely N-dealkylation sites (tertiary alicyclic amines) is 1. The summed E-state index contributed by atoms with van der Waals surface area (Å²) in [5.41, 5.74) is 4.78. The zero-order chi connectivity index (χ0) is 9.90. The normalized spacial score (nSPS) is 29.1. The summed E-state index contributed by atoms with van der Waals surface area (Å²) in [4.78, 5) is 2.41. The van der Waals surface area contributed by atoms with Crippen LogP contribution in [0.15, 0.2) is 0 Å². The highest BCUT2D eigenvalue weighted by molar-refractivity contribution is 4.78. The van der Waals surface area contributed by atoms with Gasteiger partial charge in [0.05, 0.1) is 5.60 Å². The lowest BCUT2D eigenvalue weighted by atomic mass is 10.0. The van der Waals surface area contributed by atoms with Crippen molar-refractivity contribution in [2.75, 3.05) is 26.2 Å². The van der Waals surface area contributed by atoms with E-state index in [-0.39, 0.29) is 0 Å². The van der Waals surface area contributed by atoms with Gasteiger partial charge in [-0.15, -0.1) is 0 Å². The molecule has 13 heavy (non-hydrogen) atoms. The van der Waals surface area contributed by atoms with Crippen LogP contribution < -0.4 is 5.73 Å². The summed E-state index contributed by atoms with van der Waals surface area (Å²) in [5, 5.41) is 9.70. The van der Waals surface area contributed by atoms with Crippen molar-refractivity contribution in [3.63, 3.8) is 0 Å². The minimum Gasteiger partial charge on any atom is -0.389 e. The summed E-state index contributed by atoms with van der Waals surface area (Å²) >= 11 is 0. The van der Waals surface area contributed by atoms with Gasteiger partial charge in [-0.25, -0.2) is 0 Å². The lowest BCUT2D eigenvalue weighted by molar-refractivity contribution is 0.0499. The zero-order valence-electron chi connectivity index (χ0n) is 8.79. The van der Waals surface area contributed by atoms with Crippen LogP contribution in [0, 0.1) is 5.92 Å². The molecule has 1 fully saturated rings. The second-order valence-corrected chi connectivity index (χ2v) is 4.65.